The lowest BCUT2D eigenvalue weighted by atomic mass is 9.96. The summed E-state index contributed by atoms with van der Waals surface area (Å²) in [5.74, 6) is -0.728. The van der Waals surface area contributed by atoms with Gasteiger partial charge in [-0.25, -0.2) is 9.79 Å². The number of benzene rings is 2. The van der Waals surface area contributed by atoms with Crippen LogP contribution in [0.15, 0.2) is 76.2 Å². The molecular weight excluding hydrogens is 523 g/mol. The van der Waals surface area contributed by atoms with Crippen molar-refractivity contribution in [1.29, 1.82) is 0 Å². The van der Waals surface area contributed by atoms with Gasteiger partial charge in [-0.05, 0) is 48.4 Å². The summed E-state index contributed by atoms with van der Waals surface area (Å²) in [6.07, 6.45) is 3.13. The van der Waals surface area contributed by atoms with Gasteiger partial charge in [-0.1, -0.05) is 65.4 Å². The van der Waals surface area contributed by atoms with Crippen LogP contribution in [0.4, 0.5) is 0 Å². The van der Waals surface area contributed by atoms with Crippen molar-refractivity contribution < 1.29 is 19.1 Å². The van der Waals surface area contributed by atoms with Crippen LogP contribution in [0.2, 0.25) is 10.0 Å². The largest absolute Gasteiger partial charge is 0.458 e. The van der Waals surface area contributed by atoms with Gasteiger partial charge in [-0.2, -0.15) is 0 Å². The number of allylic oxidation sites excluding steroid dienone is 1. The Morgan fingerprint density at radius 1 is 1.19 bits per heavy atom. The number of carbonyl (C=O) groups is 2. The first-order valence-corrected chi connectivity index (χ1v) is 12.3. The molecule has 1 unspecified atom stereocenters. The molecule has 0 saturated heterocycles. The number of nitrogens with zero attached hydrogens (tertiary/aromatic N) is 2. The van der Waals surface area contributed by atoms with E-state index in [1.54, 1.807) is 55.5 Å². The van der Waals surface area contributed by atoms with Crippen LogP contribution in [0.1, 0.15) is 31.0 Å². The van der Waals surface area contributed by atoms with Crippen molar-refractivity contribution >= 4 is 52.6 Å². The second-order valence-corrected chi connectivity index (χ2v) is 9.65. The lowest BCUT2D eigenvalue weighted by Gasteiger charge is -2.24. The molecule has 0 bridgehead atoms. The Labute approximate surface area is 220 Å². The Bertz CT molecular complexity index is 1590. The molecular formula is C26H20Cl2N2O5S. The lowest BCUT2D eigenvalue weighted by Crippen LogP contribution is -2.39. The number of ether oxygens (including phenoxy) is 2. The van der Waals surface area contributed by atoms with Gasteiger partial charge in [0.25, 0.3) is 5.56 Å². The molecule has 3 aromatic rings. The Morgan fingerprint density at radius 3 is 2.56 bits per heavy atom. The summed E-state index contributed by atoms with van der Waals surface area (Å²) in [6, 6.07) is 10.8. The summed E-state index contributed by atoms with van der Waals surface area (Å²) in [5.41, 5.74) is 1.54. The number of esters is 2. The Hall–Kier alpha value is -3.46. The normalized spacial score (nSPS) is 15.2. The molecule has 184 valence electrons. The van der Waals surface area contributed by atoms with E-state index in [2.05, 4.69) is 11.6 Å². The minimum absolute atomic E-state index is 0.00715. The smallest absolute Gasteiger partial charge is 0.338 e. The van der Waals surface area contributed by atoms with E-state index in [4.69, 9.17) is 32.7 Å². The topological polar surface area (TPSA) is 87.0 Å². The second-order valence-electron chi connectivity index (χ2n) is 7.80. The van der Waals surface area contributed by atoms with Crippen molar-refractivity contribution in [3.63, 3.8) is 0 Å². The van der Waals surface area contributed by atoms with Gasteiger partial charge in [0.15, 0.2) is 4.80 Å². The van der Waals surface area contributed by atoms with Crippen LogP contribution >= 0.6 is 34.5 Å². The molecule has 1 aliphatic heterocycles. The third-order valence-electron chi connectivity index (χ3n) is 5.28. The van der Waals surface area contributed by atoms with E-state index in [0.29, 0.717) is 42.0 Å². The van der Waals surface area contributed by atoms with E-state index in [1.807, 2.05) is 0 Å². The third kappa shape index (κ3) is 5.21. The summed E-state index contributed by atoms with van der Waals surface area (Å²) >= 11 is 13.5. The summed E-state index contributed by atoms with van der Waals surface area (Å²) in [5, 5.41) is 0.880. The van der Waals surface area contributed by atoms with E-state index >= 15 is 0 Å². The number of rotatable bonds is 6. The number of hydrogen-bond acceptors (Lipinski definition) is 7. The predicted octanol–water partition coefficient (Wildman–Crippen LogP) is 4.20. The van der Waals surface area contributed by atoms with Crippen LogP contribution in [-0.4, -0.2) is 23.1 Å². The molecule has 0 spiro atoms. The first kappa shape index (κ1) is 25.6. The second kappa shape index (κ2) is 10.7. The van der Waals surface area contributed by atoms with E-state index < -0.39 is 18.0 Å². The van der Waals surface area contributed by atoms with E-state index in [9.17, 15) is 14.4 Å². The Morgan fingerprint density at radius 2 is 1.92 bits per heavy atom. The van der Waals surface area contributed by atoms with E-state index in [1.165, 1.54) is 28.9 Å². The molecule has 1 aromatic heterocycles. The van der Waals surface area contributed by atoms with Crippen LogP contribution in [0.3, 0.4) is 0 Å². The van der Waals surface area contributed by atoms with Gasteiger partial charge in [0.2, 0.25) is 0 Å². The van der Waals surface area contributed by atoms with Crippen LogP contribution in [0.25, 0.3) is 6.08 Å². The van der Waals surface area contributed by atoms with Crippen molar-refractivity contribution in [2.75, 3.05) is 6.61 Å². The average molecular weight is 543 g/mol. The number of halogens is 2. The Balaban J connectivity index is 1.90. The minimum atomic E-state index is -0.812. The molecule has 0 saturated carbocycles. The number of hydrogen-bond donors (Lipinski definition) is 0. The summed E-state index contributed by atoms with van der Waals surface area (Å²) in [4.78, 5) is 43.0. The van der Waals surface area contributed by atoms with Crippen molar-refractivity contribution in [1.82, 2.24) is 4.57 Å². The fourth-order valence-corrected chi connectivity index (χ4v) is 5.25. The maximum absolute atomic E-state index is 13.6. The molecule has 36 heavy (non-hydrogen) atoms. The molecule has 2 aromatic carbocycles. The highest BCUT2D eigenvalue weighted by Gasteiger charge is 2.33. The number of thiazole rings is 1. The van der Waals surface area contributed by atoms with Gasteiger partial charge < -0.3 is 9.47 Å². The predicted molar refractivity (Wildman–Crippen MR) is 139 cm³/mol. The number of aromatic nitrogens is 1. The van der Waals surface area contributed by atoms with Gasteiger partial charge in [-0.3, -0.25) is 14.2 Å². The van der Waals surface area contributed by atoms with Crippen LogP contribution in [0.5, 0.6) is 5.75 Å². The van der Waals surface area contributed by atoms with Crippen molar-refractivity contribution in [3.8, 4) is 5.75 Å². The molecule has 1 aliphatic rings. The van der Waals surface area contributed by atoms with Gasteiger partial charge in [-0.15, -0.1) is 0 Å². The average Bonchev–Trinajstić information content (AvgIpc) is 3.13. The van der Waals surface area contributed by atoms with Crippen molar-refractivity contribution in [2.45, 2.75) is 19.9 Å². The Kier molecular flexibility index (Phi) is 7.59. The molecule has 4 rings (SSSR count). The molecule has 0 fully saturated rings. The molecule has 10 heteroatoms. The van der Waals surface area contributed by atoms with Gasteiger partial charge in [0.1, 0.15) is 12.4 Å². The monoisotopic (exact) mass is 542 g/mol. The van der Waals surface area contributed by atoms with Crippen LogP contribution in [0, 0.1) is 0 Å². The van der Waals surface area contributed by atoms with Crippen molar-refractivity contribution in [3.05, 3.63) is 107 Å². The van der Waals surface area contributed by atoms with Gasteiger partial charge in [0.05, 0.1) is 21.8 Å². The molecule has 2 heterocycles. The molecule has 0 amide bonds. The van der Waals surface area contributed by atoms with Gasteiger partial charge >= 0.3 is 11.9 Å². The highest BCUT2D eigenvalue weighted by atomic mass is 35.5. The fraction of sp³-hybridized carbons (Fsp3) is 0.154. The third-order valence-corrected chi connectivity index (χ3v) is 6.83. The molecule has 1 atom stereocenters. The lowest BCUT2D eigenvalue weighted by molar-refractivity contribution is -0.138. The summed E-state index contributed by atoms with van der Waals surface area (Å²) < 4.78 is 12.3. The number of fused-ring (bicyclic) bond motifs is 1. The van der Waals surface area contributed by atoms with E-state index in [0.717, 1.165) is 0 Å². The summed E-state index contributed by atoms with van der Waals surface area (Å²) in [6.45, 7) is 6.58. The zero-order chi connectivity index (χ0) is 26.0. The zero-order valence-electron chi connectivity index (χ0n) is 19.3. The standard InChI is InChI=1S/C26H20Cl2N2O5S/c1-4-11-34-25(33)22-14(2)29-26-30(23(22)16-6-9-19(10-7-16)35-15(3)31)24(32)21(36-26)12-17-5-8-18(27)13-20(17)28/h4-10,12-13,23H,1,11H2,2-3H3/b21-12+. The quantitative estimate of drug-likeness (QED) is 0.264. The fourth-order valence-electron chi connectivity index (χ4n) is 3.75. The SMILES string of the molecule is C=CCOC(=O)C1=C(C)N=c2s/c(=C/c3ccc(Cl)cc3Cl)c(=O)n2C1c1ccc(OC(C)=O)cc1. The van der Waals surface area contributed by atoms with Crippen LogP contribution < -0.4 is 19.6 Å². The number of carbonyl (C=O) groups excluding carboxylic acids is 2. The molecule has 0 radical (unpaired) electrons. The molecule has 0 aliphatic carbocycles. The summed E-state index contributed by atoms with van der Waals surface area (Å²) in [7, 11) is 0. The first-order valence-electron chi connectivity index (χ1n) is 10.7. The molecule has 7 nitrogen and oxygen atoms in total. The van der Waals surface area contributed by atoms with Gasteiger partial charge in [0, 0.05) is 17.0 Å². The van der Waals surface area contributed by atoms with E-state index in [-0.39, 0.29) is 17.7 Å². The maximum Gasteiger partial charge on any atom is 0.338 e. The maximum atomic E-state index is 13.6. The molecule has 0 N–H and O–H groups in total. The minimum Gasteiger partial charge on any atom is -0.458 e. The first-order chi connectivity index (χ1) is 17.2. The zero-order valence-corrected chi connectivity index (χ0v) is 21.6. The highest BCUT2D eigenvalue weighted by molar-refractivity contribution is 7.07. The van der Waals surface area contributed by atoms with Crippen molar-refractivity contribution in [2.24, 2.45) is 4.99 Å². The van der Waals surface area contributed by atoms with Crippen LogP contribution in [-0.2, 0) is 14.3 Å². The highest BCUT2D eigenvalue weighted by Crippen LogP contribution is 2.31.